The highest BCUT2D eigenvalue weighted by molar-refractivity contribution is 5.57. The average Bonchev–Trinajstić information content (AvgIpc) is 2.44. The molecule has 0 spiro atoms. The molecule has 0 aliphatic rings. The van der Waals surface area contributed by atoms with E-state index < -0.39 is 0 Å². The topological polar surface area (TPSA) is 94.0 Å². The Bertz CT molecular complexity index is 622. The first-order valence-corrected chi connectivity index (χ1v) is 5.66. The number of hydrogen-bond acceptors (Lipinski definition) is 6. The maximum absolute atomic E-state index is 8.82. The van der Waals surface area contributed by atoms with Crippen LogP contribution in [-0.2, 0) is 0 Å². The van der Waals surface area contributed by atoms with Gasteiger partial charge in [0, 0.05) is 0 Å². The van der Waals surface area contributed by atoms with Crippen molar-refractivity contribution in [2.24, 2.45) is 0 Å². The number of hydrogen-bond donors (Lipinski definition) is 1. The second-order valence-corrected chi connectivity index (χ2v) is 3.57. The van der Waals surface area contributed by atoms with Gasteiger partial charge in [-0.25, -0.2) is 0 Å². The Hall–Kier alpha value is -2.81. The highest BCUT2D eigenvalue weighted by Crippen LogP contribution is 2.30. The Morgan fingerprint density at radius 1 is 1.32 bits per heavy atom. The minimum atomic E-state index is 0.202. The number of anilines is 1. The van der Waals surface area contributed by atoms with Gasteiger partial charge in [-0.15, -0.1) is 0 Å². The molecule has 0 fully saturated rings. The van der Waals surface area contributed by atoms with Gasteiger partial charge in [-0.3, -0.25) is 0 Å². The van der Waals surface area contributed by atoms with E-state index in [0.29, 0.717) is 17.9 Å². The van der Waals surface area contributed by atoms with Gasteiger partial charge in [-0.05, 0) is 25.1 Å². The predicted octanol–water partition coefficient (Wildman–Crippen LogP) is 2.12. The fourth-order valence-electron chi connectivity index (χ4n) is 1.44. The van der Waals surface area contributed by atoms with Crippen molar-refractivity contribution in [3.63, 3.8) is 0 Å². The van der Waals surface area contributed by atoms with Gasteiger partial charge in [0.2, 0.25) is 11.8 Å². The maximum Gasteiger partial charge on any atom is 0.249 e. The van der Waals surface area contributed by atoms with E-state index in [1.54, 1.807) is 24.3 Å². The third kappa shape index (κ3) is 2.90. The molecule has 1 aromatic carbocycles. The van der Waals surface area contributed by atoms with Crippen LogP contribution in [0.5, 0.6) is 17.5 Å². The summed E-state index contributed by atoms with van der Waals surface area (Å²) in [6, 6.07) is 8.74. The van der Waals surface area contributed by atoms with E-state index in [-0.39, 0.29) is 17.4 Å². The SMILES string of the molecule is CCOc1ncnc(Oc2cccc(C#N)c2)c1N. The molecule has 0 radical (unpaired) electrons. The summed E-state index contributed by atoms with van der Waals surface area (Å²) in [5.41, 5.74) is 6.57. The zero-order valence-electron chi connectivity index (χ0n) is 10.3. The molecular formula is C13H12N4O2. The summed E-state index contributed by atoms with van der Waals surface area (Å²) >= 11 is 0. The molecular weight excluding hydrogens is 244 g/mol. The average molecular weight is 256 g/mol. The first-order chi connectivity index (χ1) is 9.24. The first-order valence-electron chi connectivity index (χ1n) is 5.66. The summed E-state index contributed by atoms with van der Waals surface area (Å²) in [6.45, 7) is 2.28. The molecule has 6 heteroatoms. The van der Waals surface area contributed by atoms with E-state index in [1.165, 1.54) is 6.33 Å². The molecule has 2 N–H and O–H groups in total. The molecule has 1 heterocycles. The molecule has 19 heavy (non-hydrogen) atoms. The molecule has 0 aliphatic carbocycles. The molecule has 2 aromatic rings. The van der Waals surface area contributed by atoms with Crippen LogP contribution in [0.4, 0.5) is 5.69 Å². The number of nitrogens with zero attached hydrogens (tertiary/aromatic N) is 3. The van der Waals surface area contributed by atoms with Crippen LogP contribution in [-0.4, -0.2) is 16.6 Å². The lowest BCUT2D eigenvalue weighted by Crippen LogP contribution is -2.02. The molecule has 0 aliphatic heterocycles. The largest absolute Gasteiger partial charge is 0.476 e. The third-order valence-electron chi connectivity index (χ3n) is 2.27. The summed E-state index contributed by atoms with van der Waals surface area (Å²) in [4.78, 5) is 7.86. The summed E-state index contributed by atoms with van der Waals surface area (Å²) in [6.07, 6.45) is 1.31. The zero-order chi connectivity index (χ0) is 13.7. The van der Waals surface area contributed by atoms with Crippen LogP contribution in [0.15, 0.2) is 30.6 Å². The minimum absolute atomic E-state index is 0.202. The fourth-order valence-corrected chi connectivity index (χ4v) is 1.44. The van der Waals surface area contributed by atoms with Crippen LogP contribution < -0.4 is 15.2 Å². The van der Waals surface area contributed by atoms with Crippen LogP contribution in [0.3, 0.4) is 0 Å². The van der Waals surface area contributed by atoms with Gasteiger partial charge in [0.15, 0.2) is 5.69 Å². The Morgan fingerprint density at radius 2 is 2.11 bits per heavy atom. The number of nitrogen functional groups attached to an aromatic ring is 1. The van der Waals surface area contributed by atoms with Crippen molar-refractivity contribution in [1.82, 2.24) is 9.97 Å². The van der Waals surface area contributed by atoms with Crippen molar-refractivity contribution in [1.29, 1.82) is 5.26 Å². The minimum Gasteiger partial charge on any atom is -0.476 e. The third-order valence-corrected chi connectivity index (χ3v) is 2.27. The van der Waals surface area contributed by atoms with Crippen LogP contribution in [0.1, 0.15) is 12.5 Å². The van der Waals surface area contributed by atoms with Crippen molar-refractivity contribution in [3.05, 3.63) is 36.2 Å². The highest BCUT2D eigenvalue weighted by atomic mass is 16.5. The van der Waals surface area contributed by atoms with Crippen LogP contribution in [0, 0.1) is 11.3 Å². The molecule has 0 atom stereocenters. The summed E-state index contributed by atoms with van der Waals surface area (Å²) in [5, 5.41) is 8.82. The molecule has 0 saturated heterocycles. The van der Waals surface area contributed by atoms with Crippen LogP contribution in [0.25, 0.3) is 0 Å². The molecule has 2 rings (SSSR count). The second kappa shape index (κ2) is 5.69. The van der Waals surface area contributed by atoms with Crippen molar-refractivity contribution in [2.45, 2.75) is 6.92 Å². The lowest BCUT2D eigenvalue weighted by Gasteiger charge is -2.10. The smallest absolute Gasteiger partial charge is 0.249 e. The van der Waals surface area contributed by atoms with E-state index in [4.69, 9.17) is 20.5 Å². The number of nitriles is 1. The number of benzene rings is 1. The Labute approximate surface area is 110 Å². The fraction of sp³-hybridized carbons (Fsp3) is 0.154. The van der Waals surface area contributed by atoms with E-state index in [9.17, 15) is 0 Å². The summed E-state index contributed by atoms with van der Waals surface area (Å²) < 4.78 is 10.8. The van der Waals surface area contributed by atoms with E-state index in [1.807, 2.05) is 13.0 Å². The molecule has 0 unspecified atom stereocenters. The Kier molecular flexibility index (Phi) is 3.78. The maximum atomic E-state index is 8.82. The summed E-state index contributed by atoms with van der Waals surface area (Å²) in [5.74, 6) is 0.962. The van der Waals surface area contributed by atoms with Crippen molar-refractivity contribution in [2.75, 3.05) is 12.3 Å². The van der Waals surface area contributed by atoms with Gasteiger partial charge < -0.3 is 15.2 Å². The zero-order valence-corrected chi connectivity index (χ0v) is 10.3. The Morgan fingerprint density at radius 3 is 2.84 bits per heavy atom. The lowest BCUT2D eigenvalue weighted by atomic mass is 10.2. The van der Waals surface area contributed by atoms with Gasteiger partial charge in [-0.1, -0.05) is 6.07 Å². The molecule has 1 aromatic heterocycles. The van der Waals surface area contributed by atoms with Crippen molar-refractivity contribution >= 4 is 5.69 Å². The van der Waals surface area contributed by atoms with Crippen molar-refractivity contribution < 1.29 is 9.47 Å². The molecule has 0 saturated carbocycles. The highest BCUT2D eigenvalue weighted by Gasteiger charge is 2.11. The first kappa shape index (κ1) is 12.6. The monoisotopic (exact) mass is 256 g/mol. The van der Waals surface area contributed by atoms with Crippen LogP contribution >= 0.6 is 0 Å². The van der Waals surface area contributed by atoms with Gasteiger partial charge >= 0.3 is 0 Å². The van der Waals surface area contributed by atoms with Gasteiger partial charge in [0.1, 0.15) is 12.1 Å². The number of rotatable bonds is 4. The lowest BCUT2D eigenvalue weighted by molar-refractivity contribution is 0.325. The van der Waals surface area contributed by atoms with Gasteiger partial charge in [-0.2, -0.15) is 15.2 Å². The standard InChI is InChI=1S/C13H12N4O2/c1-2-18-12-11(15)13(17-8-16-12)19-10-5-3-4-9(6-10)7-14/h3-6,8H,2,15H2,1H3. The van der Waals surface area contributed by atoms with Gasteiger partial charge in [0.05, 0.1) is 18.2 Å². The van der Waals surface area contributed by atoms with Gasteiger partial charge in [0.25, 0.3) is 0 Å². The number of aromatic nitrogens is 2. The molecule has 96 valence electrons. The normalized spacial score (nSPS) is 9.68. The summed E-state index contributed by atoms with van der Waals surface area (Å²) in [7, 11) is 0. The van der Waals surface area contributed by atoms with E-state index in [0.717, 1.165) is 0 Å². The quantitative estimate of drug-likeness (QED) is 0.900. The van der Waals surface area contributed by atoms with E-state index >= 15 is 0 Å². The van der Waals surface area contributed by atoms with E-state index in [2.05, 4.69) is 9.97 Å². The Balaban J connectivity index is 2.28. The van der Waals surface area contributed by atoms with Crippen molar-refractivity contribution in [3.8, 4) is 23.6 Å². The molecule has 0 amide bonds. The second-order valence-electron chi connectivity index (χ2n) is 3.57. The number of nitrogens with two attached hydrogens (primary N) is 1. The number of ether oxygens (including phenoxy) is 2. The van der Waals surface area contributed by atoms with Crippen LogP contribution in [0.2, 0.25) is 0 Å². The predicted molar refractivity (Wildman–Crippen MR) is 68.8 cm³/mol. The molecule has 6 nitrogen and oxygen atoms in total. The molecule has 0 bridgehead atoms.